The van der Waals surface area contributed by atoms with E-state index in [0.717, 1.165) is 27.6 Å². The van der Waals surface area contributed by atoms with Crippen LogP contribution in [0.4, 0.5) is 5.69 Å². The molecule has 23 heavy (non-hydrogen) atoms. The molecule has 0 aliphatic rings. The van der Waals surface area contributed by atoms with Crippen LogP contribution in [0.25, 0.3) is 10.8 Å². The molecule has 0 aliphatic carbocycles. The molecule has 0 unspecified atom stereocenters. The van der Waals surface area contributed by atoms with Crippen molar-refractivity contribution >= 4 is 22.4 Å². The van der Waals surface area contributed by atoms with Crippen LogP contribution in [-0.4, -0.2) is 18.1 Å². The molecule has 0 bridgehead atoms. The number of rotatable bonds is 3. The molecule has 4 nitrogen and oxygen atoms in total. The highest BCUT2D eigenvalue weighted by molar-refractivity contribution is 6.06. The molecule has 3 rings (SSSR count). The molecule has 2 aromatic carbocycles. The molecular formula is C19H18N2O2. The maximum Gasteiger partial charge on any atom is 0.339 e. The van der Waals surface area contributed by atoms with Gasteiger partial charge in [0.1, 0.15) is 0 Å². The van der Waals surface area contributed by atoms with E-state index in [1.54, 1.807) is 0 Å². The number of methoxy groups -OCH3 is 1. The second kappa shape index (κ2) is 6.08. The quantitative estimate of drug-likeness (QED) is 0.594. The summed E-state index contributed by atoms with van der Waals surface area (Å²) in [7, 11) is 1.36. The fourth-order valence-electron chi connectivity index (χ4n) is 2.72. The molecule has 3 aromatic rings. The molecule has 0 saturated carbocycles. The number of nitrogens with two attached hydrogens (primary N) is 1. The van der Waals surface area contributed by atoms with Crippen LogP contribution in [0.1, 0.15) is 27.2 Å². The van der Waals surface area contributed by atoms with Gasteiger partial charge in [-0.05, 0) is 42.0 Å². The summed E-state index contributed by atoms with van der Waals surface area (Å²) in [6.07, 6.45) is 2.54. The van der Waals surface area contributed by atoms with Crippen molar-refractivity contribution in [1.82, 2.24) is 4.98 Å². The number of aryl methyl sites for hydroxylation is 1. The molecule has 0 atom stereocenters. The molecular weight excluding hydrogens is 288 g/mol. The molecule has 0 aliphatic heterocycles. The molecule has 116 valence electrons. The van der Waals surface area contributed by atoms with Crippen molar-refractivity contribution in [2.45, 2.75) is 13.3 Å². The minimum atomic E-state index is -0.420. The van der Waals surface area contributed by atoms with Crippen LogP contribution >= 0.6 is 0 Å². The Kier molecular flexibility index (Phi) is 3.98. The Morgan fingerprint density at radius 1 is 1.17 bits per heavy atom. The van der Waals surface area contributed by atoms with Crippen LogP contribution in [0.5, 0.6) is 0 Å². The Bertz CT molecular complexity index is 870. The van der Waals surface area contributed by atoms with Crippen LogP contribution in [-0.2, 0) is 11.2 Å². The average Bonchev–Trinajstić information content (AvgIpc) is 2.58. The van der Waals surface area contributed by atoms with Crippen molar-refractivity contribution in [3.05, 3.63) is 71.0 Å². The second-order valence-electron chi connectivity index (χ2n) is 5.52. The summed E-state index contributed by atoms with van der Waals surface area (Å²) in [6.45, 7) is 1.96. The number of nitrogen functional groups attached to an aromatic ring is 1. The van der Waals surface area contributed by atoms with E-state index in [1.165, 1.54) is 7.11 Å². The van der Waals surface area contributed by atoms with Crippen molar-refractivity contribution in [3.63, 3.8) is 0 Å². The topological polar surface area (TPSA) is 65.2 Å². The zero-order valence-electron chi connectivity index (χ0n) is 13.2. The van der Waals surface area contributed by atoms with Crippen molar-refractivity contribution in [1.29, 1.82) is 0 Å². The molecule has 0 amide bonds. The molecule has 1 aromatic heterocycles. The predicted molar refractivity (Wildman–Crippen MR) is 91.5 cm³/mol. The number of anilines is 1. The lowest BCUT2D eigenvalue weighted by Crippen LogP contribution is -2.08. The lowest BCUT2D eigenvalue weighted by Gasteiger charge is -2.13. The van der Waals surface area contributed by atoms with Gasteiger partial charge < -0.3 is 10.5 Å². The van der Waals surface area contributed by atoms with Crippen molar-refractivity contribution in [3.8, 4) is 0 Å². The highest BCUT2D eigenvalue weighted by atomic mass is 16.5. The number of ether oxygens (including phenoxy) is 1. The van der Waals surface area contributed by atoms with E-state index in [4.69, 9.17) is 10.5 Å². The molecule has 0 radical (unpaired) electrons. The van der Waals surface area contributed by atoms with Gasteiger partial charge in [-0.1, -0.05) is 30.3 Å². The van der Waals surface area contributed by atoms with E-state index < -0.39 is 5.97 Å². The Labute approximate surface area is 134 Å². The molecule has 2 N–H and O–H groups in total. The molecule has 0 fully saturated rings. The highest BCUT2D eigenvalue weighted by Crippen LogP contribution is 2.30. The number of aromatic nitrogens is 1. The number of benzene rings is 2. The third kappa shape index (κ3) is 2.88. The zero-order valence-corrected chi connectivity index (χ0v) is 13.2. The van der Waals surface area contributed by atoms with Gasteiger partial charge in [0, 0.05) is 17.3 Å². The van der Waals surface area contributed by atoms with Crippen LogP contribution in [0, 0.1) is 6.92 Å². The average molecular weight is 306 g/mol. The highest BCUT2D eigenvalue weighted by Gasteiger charge is 2.16. The standard InChI is InChI=1S/C19H18N2O2/c1-12-7-8-13(11-21-12)9-14-10-17(19(22)23-2)18(20)16-6-4-3-5-15(14)16/h3-8,10-11H,9,20H2,1-2H3. The Morgan fingerprint density at radius 3 is 2.57 bits per heavy atom. The maximum absolute atomic E-state index is 12.0. The van der Waals surface area contributed by atoms with Crippen LogP contribution in [0.15, 0.2) is 48.7 Å². The van der Waals surface area contributed by atoms with E-state index in [9.17, 15) is 4.79 Å². The Hall–Kier alpha value is -2.88. The van der Waals surface area contributed by atoms with Crippen molar-refractivity contribution in [2.24, 2.45) is 0 Å². The van der Waals surface area contributed by atoms with E-state index in [1.807, 2.05) is 55.6 Å². The van der Waals surface area contributed by atoms with E-state index in [0.29, 0.717) is 17.7 Å². The van der Waals surface area contributed by atoms with Gasteiger partial charge in [-0.3, -0.25) is 4.98 Å². The summed E-state index contributed by atoms with van der Waals surface area (Å²) in [4.78, 5) is 16.3. The number of fused-ring (bicyclic) bond motifs is 1. The maximum atomic E-state index is 12.0. The second-order valence-corrected chi connectivity index (χ2v) is 5.52. The number of hydrogen-bond acceptors (Lipinski definition) is 4. The van der Waals surface area contributed by atoms with Gasteiger partial charge in [-0.25, -0.2) is 4.79 Å². The monoisotopic (exact) mass is 306 g/mol. The lowest BCUT2D eigenvalue weighted by molar-refractivity contribution is 0.0602. The fourth-order valence-corrected chi connectivity index (χ4v) is 2.72. The third-order valence-corrected chi connectivity index (χ3v) is 3.94. The van der Waals surface area contributed by atoms with E-state index >= 15 is 0 Å². The van der Waals surface area contributed by atoms with Gasteiger partial charge in [-0.15, -0.1) is 0 Å². The molecule has 4 heteroatoms. The SMILES string of the molecule is COC(=O)c1cc(Cc2ccc(C)nc2)c2ccccc2c1N. The van der Waals surface area contributed by atoms with Gasteiger partial charge in [0.2, 0.25) is 0 Å². The van der Waals surface area contributed by atoms with Gasteiger partial charge >= 0.3 is 5.97 Å². The van der Waals surface area contributed by atoms with Crippen LogP contribution in [0.2, 0.25) is 0 Å². The first-order valence-corrected chi connectivity index (χ1v) is 7.40. The first kappa shape index (κ1) is 15.0. The normalized spacial score (nSPS) is 10.7. The van der Waals surface area contributed by atoms with E-state index in [2.05, 4.69) is 4.98 Å². The number of hydrogen-bond donors (Lipinski definition) is 1. The largest absolute Gasteiger partial charge is 0.465 e. The zero-order chi connectivity index (χ0) is 16.4. The van der Waals surface area contributed by atoms with Gasteiger partial charge in [0.15, 0.2) is 0 Å². The minimum Gasteiger partial charge on any atom is -0.465 e. The van der Waals surface area contributed by atoms with Crippen LogP contribution < -0.4 is 5.73 Å². The summed E-state index contributed by atoms with van der Waals surface area (Å²) >= 11 is 0. The van der Waals surface area contributed by atoms with Gasteiger partial charge in [-0.2, -0.15) is 0 Å². The number of carbonyl (C=O) groups excluding carboxylic acids is 1. The Balaban J connectivity index is 2.16. The predicted octanol–water partition coefficient (Wildman–Crippen LogP) is 3.50. The summed E-state index contributed by atoms with van der Waals surface area (Å²) in [5, 5.41) is 1.91. The summed E-state index contributed by atoms with van der Waals surface area (Å²) in [5.74, 6) is -0.420. The fraction of sp³-hybridized carbons (Fsp3) is 0.158. The third-order valence-electron chi connectivity index (χ3n) is 3.94. The summed E-state index contributed by atoms with van der Waals surface area (Å²) in [6, 6.07) is 13.7. The number of pyridine rings is 1. The number of carbonyl (C=O) groups is 1. The first-order chi connectivity index (χ1) is 11.1. The van der Waals surface area contributed by atoms with Gasteiger partial charge in [0.05, 0.1) is 18.4 Å². The number of nitrogens with zero attached hydrogens (tertiary/aromatic N) is 1. The number of esters is 1. The van der Waals surface area contributed by atoms with E-state index in [-0.39, 0.29) is 0 Å². The summed E-state index contributed by atoms with van der Waals surface area (Å²) in [5.41, 5.74) is 10.1. The summed E-state index contributed by atoms with van der Waals surface area (Å²) < 4.78 is 4.86. The van der Waals surface area contributed by atoms with Crippen molar-refractivity contribution < 1.29 is 9.53 Å². The molecule has 0 spiro atoms. The minimum absolute atomic E-state index is 0.404. The van der Waals surface area contributed by atoms with Crippen molar-refractivity contribution in [2.75, 3.05) is 12.8 Å². The Morgan fingerprint density at radius 2 is 1.91 bits per heavy atom. The van der Waals surface area contributed by atoms with Gasteiger partial charge in [0.25, 0.3) is 0 Å². The lowest BCUT2D eigenvalue weighted by atomic mass is 9.94. The van der Waals surface area contributed by atoms with Crippen LogP contribution in [0.3, 0.4) is 0 Å². The molecule has 0 saturated heterocycles. The molecule has 1 heterocycles. The first-order valence-electron chi connectivity index (χ1n) is 7.40. The smallest absolute Gasteiger partial charge is 0.339 e.